The number of hydrazone groups is 1. The standard InChI is InChI=1S/C25H30N6O6/c1-2-25(22(33)34,30-24(36)37-15-18-6-4-3-5-7-18)16-27-23(35)29-20-12-13-31(21(20)32)19-10-8-17(9-11-19)14-28-26/h3-11,14,20H,2,12-13,15-16,26H2,1H3,(H,30,36)(H,33,34)(H2,27,29,35)/t20?,25-/m0/s1. The van der Waals surface area contributed by atoms with E-state index in [0.29, 0.717) is 18.7 Å². The number of urea groups is 1. The Bertz CT molecular complexity index is 1140. The van der Waals surface area contributed by atoms with Gasteiger partial charge < -0.3 is 36.5 Å². The van der Waals surface area contributed by atoms with Gasteiger partial charge in [-0.1, -0.05) is 49.4 Å². The monoisotopic (exact) mass is 510 g/mol. The number of anilines is 1. The third kappa shape index (κ3) is 6.97. The normalized spacial score (nSPS) is 16.7. The summed E-state index contributed by atoms with van der Waals surface area (Å²) in [7, 11) is 0. The van der Waals surface area contributed by atoms with Crippen molar-refractivity contribution in [3.05, 3.63) is 65.7 Å². The number of nitrogens with two attached hydrogens (primary N) is 1. The first-order chi connectivity index (χ1) is 17.8. The number of carboxylic acids is 1. The molecule has 12 heteroatoms. The highest BCUT2D eigenvalue weighted by Gasteiger charge is 2.40. The fraction of sp³-hybridized carbons (Fsp3) is 0.320. The zero-order chi connectivity index (χ0) is 26.8. The smallest absolute Gasteiger partial charge is 0.408 e. The van der Waals surface area contributed by atoms with Gasteiger partial charge in [-0.15, -0.1) is 0 Å². The Balaban J connectivity index is 1.54. The first-order valence-electron chi connectivity index (χ1n) is 11.7. The number of benzene rings is 2. The van der Waals surface area contributed by atoms with Gasteiger partial charge in [0, 0.05) is 12.2 Å². The fourth-order valence-corrected chi connectivity index (χ4v) is 3.83. The lowest BCUT2D eigenvalue weighted by Gasteiger charge is -2.29. The number of carboxylic acid groups (broad SMARTS) is 1. The molecule has 1 unspecified atom stereocenters. The van der Waals surface area contributed by atoms with Crippen LogP contribution in [0.25, 0.3) is 0 Å². The maximum absolute atomic E-state index is 12.8. The molecular weight excluding hydrogens is 480 g/mol. The number of amides is 4. The first-order valence-corrected chi connectivity index (χ1v) is 11.7. The second kappa shape index (κ2) is 12.4. The number of aliphatic carboxylic acids is 1. The van der Waals surface area contributed by atoms with E-state index in [4.69, 9.17) is 10.6 Å². The van der Waals surface area contributed by atoms with E-state index in [9.17, 15) is 24.3 Å². The maximum Gasteiger partial charge on any atom is 0.408 e. The van der Waals surface area contributed by atoms with Crippen LogP contribution in [-0.4, -0.2) is 60.0 Å². The molecule has 1 aliphatic rings. The predicted molar refractivity (Wildman–Crippen MR) is 136 cm³/mol. The Morgan fingerprint density at radius 2 is 1.89 bits per heavy atom. The minimum atomic E-state index is -1.80. The Labute approximate surface area is 213 Å². The molecule has 3 rings (SSSR count). The third-order valence-corrected chi connectivity index (χ3v) is 6.06. The number of alkyl carbamates (subject to hydrolysis) is 1. The van der Waals surface area contributed by atoms with Gasteiger partial charge in [-0.25, -0.2) is 14.4 Å². The molecule has 1 fully saturated rings. The van der Waals surface area contributed by atoms with Gasteiger partial charge in [0.25, 0.3) is 0 Å². The molecule has 6 N–H and O–H groups in total. The molecule has 2 aromatic rings. The van der Waals surface area contributed by atoms with Crippen LogP contribution in [0.3, 0.4) is 0 Å². The minimum absolute atomic E-state index is 0.0238. The molecule has 2 atom stereocenters. The highest BCUT2D eigenvalue weighted by Crippen LogP contribution is 2.22. The molecule has 37 heavy (non-hydrogen) atoms. The van der Waals surface area contributed by atoms with Crippen molar-refractivity contribution in [2.45, 2.75) is 38.0 Å². The summed E-state index contributed by atoms with van der Waals surface area (Å²) in [5.41, 5.74) is 0.384. The molecular formula is C25H30N6O6. The molecule has 0 radical (unpaired) electrons. The van der Waals surface area contributed by atoms with E-state index < -0.39 is 36.2 Å². The summed E-state index contributed by atoms with van der Waals surface area (Å²) in [6, 6.07) is 14.4. The summed E-state index contributed by atoms with van der Waals surface area (Å²) < 4.78 is 5.13. The molecule has 1 aliphatic heterocycles. The summed E-state index contributed by atoms with van der Waals surface area (Å²) in [5.74, 6) is 3.51. The van der Waals surface area contributed by atoms with Gasteiger partial charge in [0.2, 0.25) is 5.91 Å². The van der Waals surface area contributed by atoms with E-state index in [2.05, 4.69) is 21.1 Å². The van der Waals surface area contributed by atoms with Crippen molar-refractivity contribution in [3.63, 3.8) is 0 Å². The van der Waals surface area contributed by atoms with Crippen LogP contribution in [0.15, 0.2) is 59.7 Å². The molecule has 0 aliphatic carbocycles. The van der Waals surface area contributed by atoms with E-state index in [1.165, 1.54) is 6.21 Å². The lowest BCUT2D eigenvalue weighted by molar-refractivity contribution is -0.144. The fourth-order valence-electron chi connectivity index (χ4n) is 3.83. The number of nitrogens with zero attached hydrogens (tertiary/aromatic N) is 2. The van der Waals surface area contributed by atoms with Crippen LogP contribution in [-0.2, 0) is 20.9 Å². The molecule has 12 nitrogen and oxygen atoms in total. The van der Waals surface area contributed by atoms with Crippen molar-refractivity contribution in [2.24, 2.45) is 10.9 Å². The zero-order valence-electron chi connectivity index (χ0n) is 20.3. The number of carbonyl (C=O) groups is 4. The number of hydrogen-bond donors (Lipinski definition) is 5. The van der Waals surface area contributed by atoms with Gasteiger partial charge in [0.15, 0.2) is 5.54 Å². The Kier molecular flexibility index (Phi) is 9.03. The van der Waals surface area contributed by atoms with Crippen LogP contribution in [0.5, 0.6) is 0 Å². The third-order valence-electron chi connectivity index (χ3n) is 6.06. The maximum atomic E-state index is 12.8. The van der Waals surface area contributed by atoms with Crippen LogP contribution in [0, 0.1) is 0 Å². The number of ether oxygens (including phenoxy) is 1. The Morgan fingerprint density at radius 3 is 2.51 bits per heavy atom. The predicted octanol–water partition coefficient (Wildman–Crippen LogP) is 1.54. The molecule has 2 aromatic carbocycles. The SMILES string of the molecule is CC[C@@](CNC(=O)NC1CCN(c2ccc(C=NN)cc2)C1=O)(NC(=O)OCc1ccccc1)C(=O)O. The lowest BCUT2D eigenvalue weighted by Crippen LogP contribution is -2.61. The molecule has 0 aromatic heterocycles. The minimum Gasteiger partial charge on any atom is -0.479 e. The molecule has 196 valence electrons. The molecule has 4 amide bonds. The molecule has 0 spiro atoms. The van der Waals surface area contributed by atoms with Gasteiger partial charge in [-0.3, -0.25) is 4.79 Å². The van der Waals surface area contributed by atoms with E-state index in [0.717, 1.165) is 11.1 Å². The van der Waals surface area contributed by atoms with Crippen LogP contribution in [0.1, 0.15) is 30.9 Å². The van der Waals surface area contributed by atoms with E-state index >= 15 is 0 Å². The second-order valence-corrected chi connectivity index (χ2v) is 8.46. The Morgan fingerprint density at radius 1 is 1.19 bits per heavy atom. The van der Waals surface area contributed by atoms with Gasteiger partial charge in [0.05, 0.1) is 12.8 Å². The van der Waals surface area contributed by atoms with Crippen LogP contribution >= 0.6 is 0 Å². The Hall–Kier alpha value is -4.61. The summed E-state index contributed by atoms with van der Waals surface area (Å²) in [4.78, 5) is 51.2. The number of nitrogens with one attached hydrogen (secondary N) is 3. The van der Waals surface area contributed by atoms with Gasteiger partial charge in [-0.05, 0) is 36.1 Å². The first kappa shape index (κ1) is 27.0. The van der Waals surface area contributed by atoms with Crippen LogP contribution < -0.4 is 26.7 Å². The highest BCUT2D eigenvalue weighted by atomic mass is 16.5. The summed E-state index contributed by atoms with van der Waals surface area (Å²) in [6.45, 7) is 1.51. The summed E-state index contributed by atoms with van der Waals surface area (Å²) in [6.07, 6.45) is 0.903. The van der Waals surface area contributed by atoms with Gasteiger partial charge in [0.1, 0.15) is 12.6 Å². The van der Waals surface area contributed by atoms with E-state index in [-0.39, 0.29) is 18.9 Å². The van der Waals surface area contributed by atoms with Crippen molar-refractivity contribution < 1.29 is 29.0 Å². The second-order valence-electron chi connectivity index (χ2n) is 8.46. The molecule has 1 heterocycles. The van der Waals surface area contributed by atoms with Crippen molar-refractivity contribution in [1.29, 1.82) is 0 Å². The number of carbonyl (C=O) groups excluding carboxylic acids is 3. The summed E-state index contributed by atoms with van der Waals surface area (Å²) in [5, 5.41) is 20.6. The van der Waals surface area contributed by atoms with Crippen molar-refractivity contribution in [2.75, 3.05) is 18.0 Å². The van der Waals surface area contributed by atoms with Crippen molar-refractivity contribution in [1.82, 2.24) is 16.0 Å². The van der Waals surface area contributed by atoms with Gasteiger partial charge >= 0.3 is 18.1 Å². The average Bonchev–Trinajstić information content (AvgIpc) is 3.26. The van der Waals surface area contributed by atoms with E-state index in [1.807, 2.05) is 6.07 Å². The topological polar surface area (TPSA) is 175 Å². The van der Waals surface area contributed by atoms with Crippen LogP contribution in [0.2, 0.25) is 0 Å². The lowest BCUT2D eigenvalue weighted by atomic mass is 9.96. The molecule has 0 saturated carbocycles. The van der Waals surface area contributed by atoms with Gasteiger partial charge in [-0.2, -0.15) is 5.10 Å². The van der Waals surface area contributed by atoms with Crippen LogP contribution in [0.4, 0.5) is 15.3 Å². The highest BCUT2D eigenvalue weighted by molar-refractivity contribution is 6.01. The van der Waals surface area contributed by atoms with Crippen molar-refractivity contribution >= 4 is 35.9 Å². The van der Waals surface area contributed by atoms with Crippen molar-refractivity contribution in [3.8, 4) is 0 Å². The molecule has 0 bridgehead atoms. The van der Waals surface area contributed by atoms with E-state index in [1.54, 1.807) is 60.4 Å². The quantitative estimate of drug-likeness (QED) is 0.183. The zero-order valence-corrected chi connectivity index (χ0v) is 20.3. The molecule has 1 saturated heterocycles. The number of hydrogen-bond acceptors (Lipinski definition) is 7. The number of rotatable bonds is 10. The average molecular weight is 511 g/mol. The summed E-state index contributed by atoms with van der Waals surface area (Å²) >= 11 is 0. The largest absolute Gasteiger partial charge is 0.479 e.